The molecule has 3 aliphatic carbocycles. The van der Waals surface area contributed by atoms with Crippen molar-refractivity contribution in [3.05, 3.63) is 12.2 Å². The van der Waals surface area contributed by atoms with Gasteiger partial charge in [-0.15, -0.1) is 0 Å². The van der Waals surface area contributed by atoms with Crippen LogP contribution in [0, 0.1) is 35.5 Å². The molecule has 3 aliphatic rings. The molecule has 0 heteroatoms. The molecule has 0 heterocycles. The molecule has 0 bridgehead atoms. The van der Waals surface area contributed by atoms with Crippen molar-refractivity contribution in [3.63, 3.8) is 0 Å². The van der Waals surface area contributed by atoms with E-state index in [-0.39, 0.29) is 0 Å². The van der Waals surface area contributed by atoms with Crippen molar-refractivity contribution in [1.82, 2.24) is 0 Å². The average Bonchev–Trinajstić information content (AvgIpc) is 2.73. The number of hydrogen-bond acceptors (Lipinski definition) is 0. The zero-order chi connectivity index (χ0) is 18.9. The third-order valence-corrected chi connectivity index (χ3v) is 8.86. The first kappa shape index (κ1) is 21.4. The minimum atomic E-state index is 0.901. The summed E-state index contributed by atoms with van der Waals surface area (Å²) in [7, 11) is 0. The molecule has 0 saturated heterocycles. The summed E-state index contributed by atoms with van der Waals surface area (Å²) in [6.45, 7) is 4.57. The molecule has 0 aromatic carbocycles. The third-order valence-electron chi connectivity index (χ3n) is 8.86. The zero-order valence-electron chi connectivity index (χ0n) is 18.6. The summed E-state index contributed by atoms with van der Waals surface area (Å²) in [5.41, 5.74) is 0. The molecule has 0 radical (unpaired) electrons. The molecule has 0 atom stereocenters. The quantitative estimate of drug-likeness (QED) is 0.294. The van der Waals surface area contributed by atoms with E-state index >= 15 is 0 Å². The van der Waals surface area contributed by atoms with E-state index in [1.54, 1.807) is 44.9 Å². The fraction of sp³-hybridized carbons (Fsp3) is 0.926. The van der Waals surface area contributed by atoms with Crippen LogP contribution in [0.5, 0.6) is 0 Å². The van der Waals surface area contributed by atoms with Crippen LogP contribution in [0.1, 0.15) is 123 Å². The standard InChI is InChI=1S/C27H48/c1-3-7-23-10-12-24(13-11-23)8-5-6-9-25-16-20-27(21-17-25)26-18-14-22(4-2)15-19-26/h3,7,22-27H,4-6,8-21H2,1-2H3. The predicted octanol–water partition coefficient (Wildman–Crippen LogP) is 8.95. The van der Waals surface area contributed by atoms with Crippen LogP contribution in [-0.2, 0) is 0 Å². The van der Waals surface area contributed by atoms with Gasteiger partial charge in [0, 0.05) is 0 Å². The summed E-state index contributed by atoms with van der Waals surface area (Å²) in [4.78, 5) is 0. The highest BCUT2D eigenvalue weighted by atomic mass is 14.4. The molecular weight excluding hydrogens is 324 g/mol. The first-order valence-corrected chi connectivity index (χ1v) is 12.9. The van der Waals surface area contributed by atoms with Crippen LogP contribution >= 0.6 is 0 Å². The normalized spacial score (nSPS) is 38.3. The molecule has 0 nitrogen and oxygen atoms in total. The van der Waals surface area contributed by atoms with E-state index in [4.69, 9.17) is 0 Å². The molecule has 156 valence electrons. The first-order valence-electron chi connectivity index (χ1n) is 12.9. The van der Waals surface area contributed by atoms with Gasteiger partial charge in [-0.25, -0.2) is 0 Å². The largest absolute Gasteiger partial charge is 0.0914 e. The Morgan fingerprint density at radius 3 is 1.48 bits per heavy atom. The third kappa shape index (κ3) is 6.93. The van der Waals surface area contributed by atoms with E-state index in [9.17, 15) is 0 Å². The number of rotatable bonds is 8. The molecule has 3 rings (SSSR count). The molecular formula is C27H48. The van der Waals surface area contributed by atoms with Crippen LogP contribution in [0.25, 0.3) is 0 Å². The van der Waals surface area contributed by atoms with Gasteiger partial charge in [-0.2, -0.15) is 0 Å². The zero-order valence-corrected chi connectivity index (χ0v) is 18.6. The van der Waals surface area contributed by atoms with Gasteiger partial charge in [0.05, 0.1) is 0 Å². The Morgan fingerprint density at radius 2 is 1.04 bits per heavy atom. The average molecular weight is 373 g/mol. The lowest BCUT2D eigenvalue weighted by Gasteiger charge is -2.37. The maximum atomic E-state index is 2.45. The Bertz CT molecular complexity index is 398. The topological polar surface area (TPSA) is 0 Å². The number of allylic oxidation sites excluding steroid dienone is 2. The summed E-state index contributed by atoms with van der Waals surface area (Å²) in [5, 5.41) is 0. The smallest absolute Gasteiger partial charge is 0.0233 e. The molecule has 0 aromatic heterocycles. The van der Waals surface area contributed by atoms with Gasteiger partial charge in [0.15, 0.2) is 0 Å². The van der Waals surface area contributed by atoms with Crippen LogP contribution in [0.4, 0.5) is 0 Å². The predicted molar refractivity (Wildman–Crippen MR) is 120 cm³/mol. The van der Waals surface area contributed by atoms with Gasteiger partial charge < -0.3 is 0 Å². The van der Waals surface area contributed by atoms with Crippen LogP contribution in [-0.4, -0.2) is 0 Å². The molecule has 3 saturated carbocycles. The van der Waals surface area contributed by atoms with Crippen LogP contribution in [0.15, 0.2) is 12.2 Å². The van der Waals surface area contributed by atoms with Crippen molar-refractivity contribution in [2.24, 2.45) is 35.5 Å². The highest BCUT2D eigenvalue weighted by Gasteiger charge is 2.30. The summed E-state index contributed by atoms with van der Waals surface area (Å²) in [6, 6.07) is 0. The summed E-state index contributed by atoms with van der Waals surface area (Å²) in [6.07, 6.45) is 30.6. The fourth-order valence-electron chi connectivity index (χ4n) is 6.82. The number of unbranched alkanes of at least 4 members (excludes halogenated alkanes) is 1. The second-order valence-corrected chi connectivity index (χ2v) is 10.6. The lowest BCUT2D eigenvalue weighted by Crippen LogP contribution is -2.25. The Morgan fingerprint density at radius 1 is 0.593 bits per heavy atom. The summed E-state index contributed by atoms with van der Waals surface area (Å²) < 4.78 is 0. The Hall–Kier alpha value is -0.260. The van der Waals surface area contributed by atoms with Crippen LogP contribution in [0.2, 0.25) is 0 Å². The molecule has 0 amide bonds. The fourth-order valence-corrected chi connectivity index (χ4v) is 6.82. The molecule has 3 fully saturated rings. The Kier molecular flexibility index (Phi) is 9.27. The molecule has 0 unspecified atom stereocenters. The maximum Gasteiger partial charge on any atom is -0.0233 e. The van der Waals surface area contributed by atoms with Crippen LogP contribution in [0.3, 0.4) is 0 Å². The van der Waals surface area contributed by atoms with Crippen molar-refractivity contribution < 1.29 is 0 Å². The highest BCUT2D eigenvalue weighted by molar-refractivity contribution is 4.88. The second kappa shape index (κ2) is 11.7. The second-order valence-electron chi connectivity index (χ2n) is 10.6. The van der Waals surface area contributed by atoms with Gasteiger partial charge >= 0.3 is 0 Å². The van der Waals surface area contributed by atoms with Crippen molar-refractivity contribution in [3.8, 4) is 0 Å². The van der Waals surface area contributed by atoms with Gasteiger partial charge in [0.2, 0.25) is 0 Å². The van der Waals surface area contributed by atoms with Gasteiger partial charge in [-0.05, 0) is 93.8 Å². The van der Waals surface area contributed by atoms with Crippen molar-refractivity contribution in [2.75, 3.05) is 0 Å². The molecule has 0 spiro atoms. The van der Waals surface area contributed by atoms with E-state index in [0.717, 1.165) is 35.5 Å². The van der Waals surface area contributed by atoms with Crippen LogP contribution < -0.4 is 0 Å². The highest BCUT2D eigenvalue weighted by Crippen LogP contribution is 2.43. The number of hydrogen-bond donors (Lipinski definition) is 0. The maximum absolute atomic E-state index is 2.45. The van der Waals surface area contributed by atoms with E-state index < -0.39 is 0 Å². The van der Waals surface area contributed by atoms with Gasteiger partial charge in [0.25, 0.3) is 0 Å². The molecule has 0 aliphatic heterocycles. The summed E-state index contributed by atoms with van der Waals surface area (Å²) in [5.74, 6) is 6.31. The SMILES string of the molecule is CC=CC1CCC(CCCCC2CCC(C3CCC(CC)CC3)CC2)CC1. The first-order chi connectivity index (χ1) is 13.3. The minimum absolute atomic E-state index is 0.901. The van der Waals surface area contributed by atoms with E-state index in [1.165, 1.54) is 64.2 Å². The Labute approximate surface area is 171 Å². The molecule has 0 N–H and O–H groups in total. The van der Waals surface area contributed by atoms with Gasteiger partial charge in [-0.1, -0.05) is 76.9 Å². The lowest BCUT2D eigenvalue weighted by molar-refractivity contribution is 0.141. The van der Waals surface area contributed by atoms with E-state index in [1.807, 2.05) is 0 Å². The van der Waals surface area contributed by atoms with Gasteiger partial charge in [-0.3, -0.25) is 0 Å². The summed E-state index contributed by atoms with van der Waals surface area (Å²) >= 11 is 0. The molecule has 27 heavy (non-hydrogen) atoms. The van der Waals surface area contributed by atoms with Gasteiger partial charge in [0.1, 0.15) is 0 Å². The lowest BCUT2D eigenvalue weighted by atomic mass is 9.68. The van der Waals surface area contributed by atoms with Crippen molar-refractivity contribution in [1.29, 1.82) is 0 Å². The van der Waals surface area contributed by atoms with E-state index in [0.29, 0.717) is 0 Å². The molecule has 0 aromatic rings. The van der Waals surface area contributed by atoms with E-state index in [2.05, 4.69) is 26.0 Å². The Balaban J connectivity index is 1.22. The van der Waals surface area contributed by atoms with Crippen molar-refractivity contribution in [2.45, 2.75) is 123 Å². The van der Waals surface area contributed by atoms with Crippen molar-refractivity contribution >= 4 is 0 Å². The monoisotopic (exact) mass is 372 g/mol. The minimum Gasteiger partial charge on any atom is -0.0914 e.